The SMILES string of the molecule is CC1(C)CB(c2cc(C3CC3)c(C(=O)N3CCCCC3)cc2F)CC1(C)C. The molecule has 0 aromatic heterocycles. The largest absolute Gasteiger partial charge is 0.339 e. The Morgan fingerprint density at radius 3 is 2.19 bits per heavy atom. The molecule has 2 saturated heterocycles. The summed E-state index contributed by atoms with van der Waals surface area (Å²) in [5, 5.41) is 0. The summed E-state index contributed by atoms with van der Waals surface area (Å²) in [5.41, 5.74) is 3.01. The van der Waals surface area contributed by atoms with Gasteiger partial charge < -0.3 is 4.90 Å². The molecule has 0 spiro atoms. The van der Waals surface area contributed by atoms with Crippen LogP contribution in [0.5, 0.6) is 0 Å². The lowest BCUT2D eigenvalue weighted by Crippen LogP contribution is -2.37. The molecule has 146 valence electrons. The quantitative estimate of drug-likeness (QED) is 0.679. The first kappa shape index (κ1) is 19.0. The van der Waals surface area contributed by atoms with Crippen molar-refractivity contribution in [1.29, 1.82) is 0 Å². The lowest BCUT2D eigenvalue weighted by molar-refractivity contribution is 0.0722. The summed E-state index contributed by atoms with van der Waals surface area (Å²) in [4.78, 5) is 15.0. The van der Waals surface area contributed by atoms with Crippen LogP contribution in [0.15, 0.2) is 12.1 Å². The molecule has 2 aliphatic heterocycles. The zero-order chi connectivity index (χ0) is 19.4. The van der Waals surface area contributed by atoms with Crippen LogP contribution in [0.1, 0.15) is 81.6 Å². The molecule has 1 saturated carbocycles. The number of benzene rings is 1. The number of nitrogens with zero attached hydrogens (tertiary/aromatic N) is 1. The maximum atomic E-state index is 15.2. The molecule has 4 rings (SSSR count). The molecule has 1 amide bonds. The molecule has 0 atom stereocenters. The van der Waals surface area contributed by atoms with E-state index in [0.29, 0.717) is 11.5 Å². The van der Waals surface area contributed by atoms with Crippen LogP contribution in [-0.2, 0) is 0 Å². The van der Waals surface area contributed by atoms with Gasteiger partial charge in [0.15, 0.2) is 6.71 Å². The third kappa shape index (κ3) is 3.45. The Bertz CT molecular complexity index is 731. The zero-order valence-electron chi connectivity index (χ0n) is 17.4. The van der Waals surface area contributed by atoms with E-state index in [1.807, 2.05) is 4.90 Å². The highest BCUT2D eigenvalue weighted by atomic mass is 19.1. The number of halogens is 1. The summed E-state index contributed by atoms with van der Waals surface area (Å²) in [5.74, 6) is 0.336. The van der Waals surface area contributed by atoms with Gasteiger partial charge in [0, 0.05) is 18.7 Å². The number of piperidine rings is 1. The molecule has 3 aliphatic rings. The minimum absolute atomic E-state index is 0.0501. The molecule has 2 nitrogen and oxygen atoms in total. The van der Waals surface area contributed by atoms with E-state index < -0.39 is 0 Å². The van der Waals surface area contributed by atoms with Crippen molar-refractivity contribution >= 4 is 18.1 Å². The monoisotopic (exact) mass is 369 g/mol. The fourth-order valence-corrected chi connectivity index (χ4v) is 5.18. The molecule has 1 aromatic carbocycles. The number of amides is 1. The lowest BCUT2D eigenvalue weighted by Gasteiger charge is -2.35. The Labute approximate surface area is 164 Å². The van der Waals surface area contributed by atoms with Gasteiger partial charge in [-0.05, 0) is 65.9 Å². The standard InChI is InChI=1S/C23H33BFNO/c1-22(2)14-24(15-23(22,3)4)19-12-17(16-8-9-16)18(13-20(19)25)21(27)26-10-6-5-7-11-26/h12-13,16H,5-11,14-15H2,1-4H3. The maximum absolute atomic E-state index is 15.2. The highest BCUT2D eigenvalue weighted by molar-refractivity contribution is 6.74. The number of hydrogen-bond donors (Lipinski definition) is 0. The summed E-state index contributed by atoms with van der Waals surface area (Å²) < 4.78 is 15.2. The number of carbonyl (C=O) groups is 1. The van der Waals surface area contributed by atoms with Crippen LogP contribution in [0.3, 0.4) is 0 Å². The Morgan fingerprint density at radius 1 is 1.04 bits per heavy atom. The second-order valence-electron chi connectivity index (χ2n) is 10.5. The van der Waals surface area contributed by atoms with Crippen LogP contribution in [-0.4, -0.2) is 30.6 Å². The van der Waals surface area contributed by atoms with Crippen molar-refractivity contribution in [3.8, 4) is 0 Å². The lowest BCUT2D eigenvalue weighted by atomic mass is 9.42. The Balaban J connectivity index is 1.68. The van der Waals surface area contributed by atoms with Crippen molar-refractivity contribution in [2.24, 2.45) is 10.8 Å². The predicted octanol–water partition coefficient (Wildman–Crippen LogP) is 5.10. The first-order chi connectivity index (χ1) is 12.7. The zero-order valence-corrected chi connectivity index (χ0v) is 17.4. The van der Waals surface area contributed by atoms with Gasteiger partial charge in [0.2, 0.25) is 0 Å². The van der Waals surface area contributed by atoms with E-state index in [4.69, 9.17) is 0 Å². The van der Waals surface area contributed by atoms with Gasteiger partial charge in [-0.15, -0.1) is 0 Å². The fourth-order valence-electron chi connectivity index (χ4n) is 5.18. The second kappa shape index (κ2) is 6.63. The first-order valence-electron chi connectivity index (χ1n) is 10.8. The van der Waals surface area contributed by atoms with E-state index in [2.05, 4.69) is 33.8 Å². The third-order valence-electron chi connectivity index (χ3n) is 7.85. The summed E-state index contributed by atoms with van der Waals surface area (Å²) >= 11 is 0. The summed E-state index contributed by atoms with van der Waals surface area (Å²) in [6.45, 7) is 11.1. The van der Waals surface area contributed by atoms with E-state index in [1.165, 1.54) is 6.42 Å². The molecule has 3 fully saturated rings. The van der Waals surface area contributed by atoms with Gasteiger partial charge in [-0.25, -0.2) is 4.39 Å². The maximum Gasteiger partial charge on any atom is 0.254 e. The van der Waals surface area contributed by atoms with E-state index in [0.717, 1.165) is 62.4 Å². The average Bonchev–Trinajstić information content (AvgIpc) is 3.42. The normalized spacial score (nSPS) is 24.3. The molecular weight excluding hydrogens is 336 g/mol. The molecule has 0 radical (unpaired) electrons. The molecule has 0 bridgehead atoms. The summed E-state index contributed by atoms with van der Waals surface area (Å²) in [6.07, 6.45) is 7.62. The smallest absolute Gasteiger partial charge is 0.254 e. The van der Waals surface area contributed by atoms with Gasteiger partial charge in [0.05, 0.1) is 0 Å². The van der Waals surface area contributed by atoms with Gasteiger partial charge >= 0.3 is 0 Å². The predicted molar refractivity (Wildman–Crippen MR) is 111 cm³/mol. The summed E-state index contributed by atoms with van der Waals surface area (Å²) in [6, 6.07) is 3.66. The topological polar surface area (TPSA) is 20.3 Å². The van der Waals surface area contributed by atoms with Crippen LogP contribution < -0.4 is 5.46 Å². The highest BCUT2D eigenvalue weighted by Crippen LogP contribution is 2.53. The molecule has 0 unspecified atom stereocenters. The Kier molecular flexibility index (Phi) is 4.67. The third-order valence-corrected chi connectivity index (χ3v) is 7.85. The fraction of sp³-hybridized carbons (Fsp3) is 0.696. The van der Waals surface area contributed by atoms with Crippen LogP contribution >= 0.6 is 0 Å². The first-order valence-corrected chi connectivity index (χ1v) is 10.8. The van der Waals surface area contributed by atoms with E-state index in [9.17, 15) is 4.79 Å². The molecule has 4 heteroatoms. The number of hydrogen-bond acceptors (Lipinski definition) is 1. The van der Waals surface area contributed by atoms with Crippen LogP contribution in [0.4, 0.5) is 4.39 Å². The minimum Gasteiger partial charge on any atom is -0.339 e. The van der Waals surface area contributed by atoms with Crippen LogP contribution in [0.2, 0.25) is 12.6 Å². The van der Waals surface area contributed by atoms with E-state index in [1.54, 1.807) is 6.07 Å². The molecule has 1 aliphatic carbocycles. The van der Waals surface area contributed by atoms with E-state index >= 15 is 4.39 Å². The number of carbonyl (C=O) groups excluding carboxylic acids is 1. The van der Waals surface area contributed by atoms with Crippen molar-refractivity contribution in [2.75, 3.05) is 13.1 Å². The summed E-state index contributed by atoms with van der Waals surface area (Å²) in [7, 11) is 0. The number of rotatable bonds is 3. The van der Waals surface area contributed by atoms with Gasteiger partial charge in [0.1, 0.15) is 5.82 Å². The Hall–Kier alpha value is -1.32. The van der Waals surface area contributed by atoms with E-state index in [-0.39, 0.29) is 29.3 Å². The number of likely N-dealkylation sites (tertiary alicyclic amines) is 1. The van der Waals surface area contributed by atoms with Gasteiger partial charge in [-0.2, -0.15) is 0 Å². The highest BCUT2D eigenvalue weighted by Gasteiger charge is 2.49. The van der Waals surface area contributed by atoms with Crippen LogP contribution in [0, 0.1) is 16.6 Å². The molecule has 1 aromatic rings. The minimum atomic E-state index is -0.168. The molecule has 2 heterocycles. The van der Waals surface area contributed by atoms with Crippen molar-refractivity contribution in [1.82, 2.24) is 4.90 Å². The van der Waals surface area contributed by atoms with Gasteiger partial charge in [-0.3, -0.25) is 4.79 Å². The second-order valence-corrected chi connectivity index (χ2v) is 10.5. The van der Waals surface area contributed by atoms with Crippen molar-refractivity contribution < 1.29 is 9.18 Å². The van der Waals surface area contributed by atoms with Gasteiger partial charge in [0.25, 0.3) is 5.91 Å². The molecule has 0 N–H and O–H groups in total. The molecular formula is C23H33BFNO. The average molecular weight is 369 g/mol. The molecule has 27 heavy (non-hydrogen) atoms. The van der Waals surface area contributed by atoms with Gasteiger partial charge in [-0.1, -0.05) is 46.4 Å². The van der Waals surface area contributed by atoms with Crippen LogP contribution in [0.25, 0.3) is 0 Å². The van der Waals surface area contributed by atoms with Crippen molar-refractivity contribution in [3.63, 3.8) is 0 Å². The van der Waals surface area contributed by atoms with Crippen molar-refractivity contribution in [3.05, 3.63) is 29.1 Å². The Morgan fingerprint density at radius 2 is 1.63 bits per heavy atom. The van der Waals surface area contributed by atoms with Crippen molar-refractivity contribution in [2.45, 2.75) is 78.4 Å².